The predicted molar refractivity (Wildman–Crippen MR) is 51.9 cm³/mol. The maximum absolute atomic E-state index is 10.2. The summed E-state index contributed by atoms with van der Waals surface area (Å²) in [5.41, 5.74) is 0.447. The first kappa shape index (κ1) is 10.4. The molecule has 4 nitrogen and oxygen atoms in total. The van der Waals surface area contributed by atoms with E-state index < -0.39 is 6.09 Å². The van der Waals surface area contributed by atoms with E-state index in [9.17, 15) is 9.90 Å². The van der Waals surface area contributed by atoms with E-state index in [0.29, 0.717) is 11.4 Å². The van der Waals surface area contributed by atoms with E-state index in [2.05, 4.69) is 5.32 Å². The van der Waals surface area contributed by atoms with Crippen LogP contribution >= 0.6 is 0 Å². The lowest BCUT2D eigenvalue weighted by atomic mass is 10.3. The molecule has 0 fully saturated rings. The molecule has 14 heavy (non-hydrogen) atoms. The van der Waals surface area contributed by atoms with Crippen LogP contribution in [0.5, 0.6) is 5.75 Å². The van der Waals surface area contributed by atoms with Gasteiger partial charge in [-0.1, -0.05) is 6.07 Å². The van der Waals surface area contributed by atoms with Crippen molar-refractivity contribution in [2.75, 3.05) is 5.32 Å². The Kier molecular flexibility index (Phi) is 3.34. The number of rotatable bonds is 3. The molecule has 0 saturated heterocycles. The molecule has 1 aromatic rings. The third-order valence-electron chi connectivity index (χ3n) is 1.45. The quantitative estimate of drug-likeness (QED) is 0.803. The fourth-order valence-corrected chi connectivity index (χ4v) is 1.04. The number of benzene rings is 1. The van der Waals surface area contributed by atoms with Crippen molar-refractivity contribution >= 4 is 11.8 Å². The smallest absolute Gasteiger partial charge is 0.454 e. The van der Waals surface area contributed by atoms with Crippen LogP contribution in [-0.4, -0.2) is 12.2 Å². The number of nitrogens with one attached hydrogen (secondary N) is 1. The number of carbonyl (C=O) groups excluding carboxylic acids is 1. The van der Waals surface area contributed by atoms with Crippen LogP contribution in [-0.2, 0) is 5.11 Å². The molecule has 1 amide bonds. The van der Waals surface area contributed by atoms with Gasteiger partial charge in [0.2, 0.25) is 0 Å². The van der Waals surface area contributed by atoms with Crippen LogP contribution in [0.2, 0.25) is 0 Å². The number of hydrogen-bond donors (Lipinski definition) is 1. The average molecular weight is 194 g/mol. The molecule has 0 saturated carbocycles. The first-order valence-corrected chi connectivity index (χ1v) is 4.32. The zero-order chi connectivity index (χ0) is 10.6. The van der Waals surface area contributed by atoms with Crippen molar-refractivity contribution in [1.82, 2.24) is 0 Å². The first-order chi connectivity index (χ1) is 6.58. The molecule has 0 atom stereocenters. The second kappa shape index (κ2) is 4.50. The summed E-state index contributed by atoms with van der Waals surface area (Å²) in [6.45, 7) is 3.80. The highest BCUT2D eigenvalue weighted by Gasteiger charge is 2.02. The Morgan fingerprint density at radius 1 is 1.43 bits per heavy atom. The zero-order valence-corrected chi connectivity index (χ0v) is 8.11. The van der Waals surface area contributed by atoms with Crippen molar-refractivity contribution in [3.63, 3.8) is 0 Å². The van der Waals surface area contributed by atoms with E-state index in [1.54, 1.807) is 24.3 Å². The predicted octanol–water partition coefficient (Wildman–Crippen LogP) is 2.44. The third-order valence-corrected chi connectivity index (χ3v) is 1.45. The number of amides is 1. The van der Waals surface area contributed by atoms with Gasteiger partial charge in [0.1, 0.15) is 5.75 Å². The highest BCUT2D eigenvalue weighted by Crippen LogP contribution is 2.18. The molecule has 0 aliphatic heterocycles. The summed E-state index contributed by atoms with van der Waals surface area (Å²) in [5.74, 6) is 0.631. The van der Waals surface area contributed by atoms with E-state index in [1.165, 1.54) is 0 Å². The highest BCUT2D eigenvalue weighted by atomic mass is 16.5. The van der Waals surface area contributed by atoms with E-state index in [4.69, 9.17) is 4.74 Å². The monoisotopic (exact) mass is 194 g/mol. The van der Waals surface area contributed by atoms with Crippen molar-refractivity contribution in [2.24, 2.45) is 0 Å². The van der Waals surface area contributed by atoms with Gasteiger partial charge in [-0.25, -0.2) is 9.90 Å². The SMILES string of the molecule is CC(C)Oc1cccc(NC([O])=O)c1. The van der Waals surface area contributed by atoms with Gasteiger partial charge in [-0.2, -0.15) is 0 Å². The normalized spacial score (nSPS) is 9.93. The largest absolute Gasteiger partial charge is 0.491 e. The fraction of sp³-hybridized carbons (Fsp3) is 0.300. The molecule has 0 aliphatic carbocycles. The molecular weight excluding hydrogens is 182 g/mol. The summed E-state index contributed by atoms with van der Waals surface area (Å²) < 4.78 is 5.38. The van der Waals surface area contributed by atoms with Gasteiger partial charge in [-0.3, -0.25) is 5.32 Å². The Morgan fingerprint density at radius 3 is 2.71 bits per heavy atom. The molecule has 4 heteroatoms. The van der Waals surface area contributed by atoms with Crippen LogP contribution in [0.4, 0.5) is 10.5 Å². The first-order valence-electron chi connectivity index (χ1n) is 4.32. The molecule has 0 unspecified atom stereocenters. The fourth-order valence-electron chi connectivity index (χ4n) is 1.04. The second-order valence-electron chi connectivity index (χ2n) is 3.11. The maximum Gasteiger partial charge on any atom is 0.454 e. The summed E-state index contributed by atoms with van der Waals surface area (Å²) in [7, 11) is 0. The van der Waals surface area contributed by atoms with Crippen LogP contribution < -0.4 is 10.1 Å². The van der Waals surface area contributed by atoms with E-state index >= 15 is 0 Å². The number of ether oxygens (including phenoxy) is 1. The lowest BCUT2D eigenvalue weighted by molar-refractivity contribution is 0.185. The van der Waals surface area contributed by atoms with Gasteiger partial charge in [0, 0.05) is 11.8 Å². The molecule has 0 aliphatic rings. The van der Waals surface area contributed by atoms with Crippen LogP contribution in [0.1, 0.15) is 13.8 Å². The number of carbonyl (C=O) groups is 1. The lowest BCUT2D eigenvalue weighted by Gasteiger charge is -2.10. The van der Waals surface area contributed by atoms with Gasteiger partial charge in [0.05, 0.1) is 6.10 Å². The minimum absolute atomic E-state index is 0.0632. The molecule has 0 spiro atoms. The van der Waals surface area contributed by atoms with Crippen molar-refractivity contribution < 1.29 is 14.6 Å². The number of hydrogen-bond acceptors (Lipinski definition) is 2. The summed E-state index contributed by atoms with van der Waals surface area (Å²) >= 11 is 0. The summed E-state index contributed by atoms with van der Waals surface area (Å²) in [4.78, 5) is 10.2. The molecule has 0 heterocycles. The molecule has 1 aromatic carbocycles. The minimum Gasteiger partial charge on any atom is -0.491 e. The minimum atomic E-state index is -1.33. The van der Waals surface area contributed by atoms with Crippen molar-refractivity contribution in [3.05, 3.63) is 24.3 Å². The molecule has 0 aromatic heterocycles. The van der Waals surface area contributed by atoms with E-state index in [1.807, 2.05) is 13.8 Å². The average Bonchev–Trinajstić information content (AvgIpc) is 2.01. The Hall–Kier alpha value is -1.71. The molecule has 1 N–H and O–H groups in total. The lowest BCUT2D eigenvalue weighted by Crippen LogP contribution is -2.08. The Bertz CT molecular complexity index is 323. The molecule has 1 radical (unpaired) electrons. The Morgan fingerprint density at radius 2 is 2.14 bits per heavy atom. The van der Waals surface area contributed by atoms with Crippen LogP contribution in [0.3, 0.4) is 0 Å². The Balaban J connectivity index is 2.73. The molecule has 75 valence electrons. The van der Waals surface area contributed by atoms with Gasteiger partial charge in [-0.05, 0) is 26.0 Å². The van der Waals surface area contributed by atoms with Gasteiger partial charge in [0.15, 0.2) is 0 Å². The van der Waals surface area contributed by atoms with E-state index in [-0.39, 0.29) is 6.10 Å². The van der Waals surface area contributed by atoms with Gasteiger partial charge >= 0.3 is 6.09 Å². The molecule has 0 bridgehead atoms. The zero-order valence-electron chi connectivity index (χ0n) is 8.11. The maximum atomic E-state index is 10.2. The van der Waals surface area contributed by atoms with Crippen molar-refractivity contribution in [3.8, 4) is 5.75 Å². The van der Waals surface area contributed by atoms with Gasteiger partial charge in [-0.15, -0.1) is 0 Å². The second-order valence-corrected chi connectivity index (χ2v) is 3.11. The van der Waals surface area contributed by atoms with Crippen molar-refractivity contribution in [2.45, 2.75) is 20.0 Å². The molecule has 1 rings (SSSR count). The van der Waals surface area contributed by atoms with Gasteiger partial charge in [0.25, 0.3) is 0 Å². The van der Waals surface area contributed by atoms with Crippen molar-refractivity contribution in [1.29, 1.82) is 0 Å². The standard InChI is InChI=1S/C10H12NO3/c1-7(2)14-9-5-3-4-8(6-9)11-10(12)13/h3-7,11H,1-2H3. The Labute approximate surface area is 82.5 Å². The van der Waals surface area contributed by atoms with Crippen LogP contribution in [0.25, 0.3) is 0 Å². The third kappa shape index (κ3) is 3.35. The van der Waals surface area contributed by atoms with Gasteiger partial charge < -0.3 is 4.74 Å². The molecular formula is C10H12NO3. The highest BCUT2D eigenvalue weighted by molar-refractivity contribution is 5.82. The van der Waals surface area contributed by atoms with Crippen LogP contribution in [0.15, 0.2) is 24.3 Å². The van der Waals surface area contributed by atoms with Crippen LogP contribution in [0, 0.1) is 0 Å². The topological polar surface area (TPSA) is 58.2 Å². The summed E-state index contributed by atoms with van der Waals surface area (Å²) in [6, 6.07) is 6.71. The number of anilines is 1. The summed E-state index contributed by atoms with van der Waals surface area (Å²) in [6.07, 6.45) is -1.26. The van der Waals surface area contributed by atoms with E-state index in [0.717, 1.165) is 0 Å². The summed E-state index contributed by atoms with van der Waals surface area (Å²) in [5, 5.41) is 12.4.